The largest absolute Gasteiger partial charge is 0.316 e. The molecule has 0 fully saturated rings. The van der Waals surface area contributed by atoms with Crippen molar-refractivity contribution in [3.63, 3.8) is 0 Å². The Bertz CT molecular complexity index is 369. The van der Waals surface area contributed by atoms with E-state index in [0.29, 0.717) is 18.5 Å². The Morgan fingerprint density at radius 3 is 2.81 bits per heavy atom. The van der Waals surface area contributed by atoms with Gasteiger partial charge >= 0.3 is 5.69 Å². The minimum absolute atomic E-state index is 0.387. The third-order valence-electron chi connectivity index (χ3n) is 2.25. The predicted molar refractivity (Wildman–Crippen MR) is 59.9 cm³/mol. The van der Waals surface area contributed by atoms with Crippen molar-refractivity contribution in [2.45, 2.75) is 19.8 Å². The van der Waals surface area contributed by atoms with E-state index in [1.807, 2.05) is 6.92 Å². The molecule has 0 aliphatic carbocycles. The number of nitro groups is 1. The SMILES string of the molecule is CCCNCCc1cccc([N+](=O)[O-])c1F. The number of rotatable bonds is 6. The van der Waals surface area contributed by atoms with Gasteiger partial charge in [-0.15, -0.1) is 0 Å². The Kier molecular flexibility index (Phi) is 4.85. The zero-order valence-electron chi connectivity index (χ0n) is 9.20. The third kappa shape index (κ3) is 3.27. The van der Waals surface area contributed by atoms with Gasteiger partial charge < -0.3 is 5.32 Å². The first kappa shape index (κ1) is 12.6. The van der Waals surface area contributed by atoms with Crippen LogP contribution in [0.3, 0.4) is 0 Å². The molecule has 1 N–H and O–H groups in total. The normalized spacial score (nSPS) is 10.4. The second-order valence-electron chi connectivity index (χ2n) is 3.51. The van der Waals surface area contributed by atoms with E-state index in [1.165, 1.54) is 12.1 Å². The summed E-state index contributed by atoms with van der Waals surface area (Å²) < 4.78 is 13.6. The topological polar surface area (TPSA) is 55.2 Å². The Morgan fingerprint density at radius 1 is 1.44 bits per heavy atom. The number of nitrogens with one attached hydrogen (secondary N) is 1. The van der Waals surface area contributed by atoms with Crippen LogP contribution in [0.25, 0.3) is 0 Å². The first-order valence-electron chi connectivity index (χ1n) is 5.29. The van der Waals surface area contributed by atoms with Gasteiger partial charge in [0.2, 0.25) is 5.82 Å². The van der Waals surface area contributed by atoms with Gasteiger partial charge in [-0.2, -0.15) is 4.39 Å². The number of hydrogen-bond donors (Lipinski definition) is 1. The van der Waals surface area contributed by atoms with Crippen LogP contribution in [0.1, 0.15) is 18.9 Å². The Hall–Kier alpha value is -1.49. The summed E-state index contributed by atoms with van der Waals surface area (Å²) in [6, 6.07) is 4.27. The van der Waals surface area contributed by atoms with Gasteiger partial charge in [0.1, 0.15) is 0 Å². The highest BCUT2D eigenvalue weighted by molar-refractivity contribution is 5.36. The lowest BCUT2D eigenvalue weighted by atomic mass is 10.1. The highest BCUT2D eigenvalue weighted by atomic mass is 19.1. The summed E-state index contributed by atoms with van der Waals surface area (Å²) >= 11 is 0. The van der Waals surface area contributed by atoms with E-state index in [1.54, 1.807) is 6.07 Å². The molecule has 16 heavy (non-hydrogen) atoms. The molecule has 0 saturated heterocycles. The van der Waals surface area contributed by atoms with Gasteiger partial charge in [0.05, 0.1) is 4.92 Å². The average molecular weight is 226 g/mol. The van der Waals surface area contributed by atoms with Gasteiger partial charge in [0, 0.05) is 6.07 Å². The zero-order chi connectivity index (χ0) is 12.0. The number of benzene rings is 1. The standard InChI is InChI=1S/C11H15FN2O2/c1-2-7-13-8-6-9-4-3-5-10(11(9)12)14(15)16/h3-5,13H,2,6-8H2,1H3. The van der Waals surface area contributed by atoms with E-state index < -0.39 is 16.4 Å². The molecule has 0 unspecified atom stereocenters. The van der Waals surface area contributed by atoms with Gasteiger partial charge in [-0.25, -0.2) is 0 Å². The fourth-order valence-electron chi connectivity index (χ4n) is 1.43. The maximum Gasteiger partial charge on any atom is 0.305 e. The molecule has 0 aromatic heterocycles. The quantitative estimate of drug-likeness (QED) is 0.460. The monoisotopic (exact) mass is 226 g/mol. The molecule has 5 heteroatoms. The Balaban J connectivity index is 2.66. The van der Waals surface area contributed by atoms with Gasteiger partial charge in [-0.05, 0) is 31.5 Å². The summed E-state index contributed by atoms with van der Waals surface area (Å²) in [5.41, 5.74) is -0.0641. The molecule has 1 aromatic rings. The molecule has 1 rings (SSSR count). The molecule has 0 spiro atoms. The zero-order valence-corrected chi connectivity index (χ0v) is 9.20. The summed E-state index contributed by atoms with van der Waals surface area (Å²) in [7, 11) is 0. The van der Waals surface area contributed by atoms with Gasteiger partial charge in [-0.3, -0.25) is 10.1 Å². The van der Waals surface area contributed by atoms with Crippen LogP contribution in [0.4, 0.5) is 10.1 Å². The molecule has 1 aromatic carbocycles. The van der Waals surface area contributed by atoms with Crippen molar-refractivity contribution in [1.82, 2.24) is 5.32 Å². The molecule has 4 nitrogen and oxygen atoms in total. The summed E-state index contributed by atoms with van der Waals surface area (Å²) in [5.74, 6) is -0.717. The third-order valence-corrected chi connectivity index (χ3v) is 2.25. The van der Waals surface area contributed by atoms with E-state index in [2.05, 4.69) is 5.32 Å². The fourth-order valence-corrected chi connectivity index (χ4v) is 1.43. The van der Waals surface area contributed by atoms with Crippen molar-refractivity contribution >= 4 is 5.69 Å². The van der Waals surface area contributed by atoms with Crippen LogP contribution in [-0.4, -0.2) is 18.0 Å². The van der Waals surface area contributed by atoms with E-state index in [4.69, 9.17) is 0 Å². The van der Waals surface area contributed by atoms with Crippen molar-refractivity contribution in [1.29, 1.82) is 0 Å². The first-order valence-corrected chi connectivity index (χ1v) is 5.29. The highest BCUT2D eigenvalue weighted by Gasteiger charge is 2.16. The van der Waals surface area contributed by atoms with Crippen molar-refractivity contribution in [2.75, 3.05) is 13.1 Å². The molecule has 0 amide bonds. The Labute approximate surface area is 93.6 Å². The summed E-state index contributed by atoms with van der Waals surface area (Å²) in [6.07, 6.45) is 1.48. The van der Waals surface area contributed by atoms with Crippen LogP contribution in [0.5, 0.6) is 0 Å². The maximum atomic E-state index is 13.6. The molecule has 0 atom stereocenters. The minimum Gasteiger partial charge on any atom is -0.316 e. The molecule has 0 bridgehead atoms. The van der Waals surface area contributed by atoms with Gasteiger partial charge in [0.15, 0.2) is 0 Å². The number of nitro benzene ring substituents is 1. The highest BCUT2D eigenvalue weighted by Crippen LogP contribution is 2.20. The summed E-state index contributed by atoms with van der Waals surface area (Å²) in [4.78, 5) is 9.80. The lowest BCUT2D eigenvalue weighted by molar-refractivity contribution is -0.387. The fraction of sp³-hybridized carbons (Fsp3) is 0.455. The van der Waals surface area contributed by atoms with Crippen LogP contribution in [0, 0.1) is 15.9 Å². The van der Waals surface area contributed by atoms with E-state index >= 15 is 0 Å². The lowest BCUT2D eigenvalue weighted by Crippen LogP contribution is -2.18. The van der Waals surface area contributed by atoms with Gasteiger partial charge in [0.25, 0.3) is 0 Å². The van der Waals surface area contributed by atoms with Gasteiger partial charge in [-0.1, -0.05) is 19.1 Å². The van der Waals surface area contributed by atoms with Crippen LogP contribution in [0.2, 0.25) is 0 Å². The number of halogens is 1. The molecule has 0 saturated carbocycles. The van der Waals surface area contributed by atoms with Crippen LogP contribution < -0.4 is 5.32 Å². The van der Waals surface area contributed by atoms with Crippen molar-refractivity contribution < 1.29 is 9.31 Å². The van der Waals surface area contributed by atoms with Crippen molar-refractivity contribution in [3.8, 4) is 0 Å². The van der Waals surface area contributed by atoms with E-state index in [9.17, 15) is 14.5 Å². The first-order chi connectivity index (χ1) is 7.66. The Morgan fingerprint density at radius 2 is 2.19 bits per heavy atom. The van der Waals surface area contributed by atoms with Crippen LogP contribution in [0.15, 0.2) is 18.2 Å². The van der Waals surface area contributed by atoms with E-state index in [0.717, 1.165) is 13.0 Å². The lowest BCUT2D eigenvalue weighted by Gasteiger charge is -2.04. The summed E-state index contributed by atoms with van der Waals surface area (Å²) in [6.45, 7) is 3.55. The molecular formula is C11H15FN2O2. The van der Waals surface area contributed by atoms with Crippen LogP contribution in [-0.2, 0) is 6.42 Å². The smallest absolute Gasteiger partial charge is 0.305 e. The maximum absolute atomic E-state index is 13.6. The molecule has 0 aliphatic rings. The van der Waals surface area contributed by atoms with Crippen molar-refractivity contribution in [2.24, 2.45) is 0 Å². The van der Waals surface area contributed by atoms with Crippen molar-refractivity contribution in [3.05, 3.63) is 39.7 Å². The number of nitrogens with zero attached hydrogens (tertiary/aromatic N) is 1. The molecule has 0 radical (unpaired) electrons. The second-order valence-corrected chi connectivity index (χ2v) is 3.51. The average Bonchev–Trinajstić information content (AvgIpc) is 2.26. The van der Waals surface area contributed by atoms with E-state index in [-0.39, 0.29) is 0 Å². The molecule has 0 heterocycles. The summed E-state index contributed by atoms with van der Waals surface area (Å²) in [5, 5.41) is 13.6. The second kappa shape index (κ2) is 6.17. The van der Waals surface area contributed by atoms with Crippen LogP contribution >= 0.6 is 0 Å². The molecular weight excluding hydrogens is 211 g/mol. The molecule has 88 valence electrons. The molecule has 0 aliphatic heterocycles. The minimum atomic E-state index is -0.717. The predicted octanol–water partition coefficient (Wildman–Crippen LogP) is 2.28. The number of hydrogen-bond acceptors (Lipinski definition) is 3.